The molecule has 10 heteroatoms. The van der Waals surface area contributed by atoms with Crippen molar-refractivity contribution in [1.82, 2.24) is 9.29 Å². The zero-order valence-corrected chi connectivity index (χ0v) is 22.1. The third-order valence-electron chi connectivity index (χ3n) is 5.74. The second-order valence-corrected chi connectivity index (χ2v) is 11.7. The molecule has 1 amide bonds. The summed E-state index contributed by atoms with van der Waals surface area (Å²) in [6.07, 6.45) is 3.23. The molecule has 0 atom stereocenters. The average molecular weight is 532 g/mol. The van der Waals surface area contributed by atoms with Crippen LogP contribution in [0.15, 0.2) is 64.1 Å². The van der Waals surface area contributed by atoms with Crippen LogP contribution in [0.2, 0.25) is 5.02 Å². The van der Waals surface area contributed by atoms with E-state index in [2.05, 4.69) is 0 Å². The van der Waals surface area contributed by atoms with Crippen molar-refractivity contribution in [1.29, 1.82) is 0 Å². The van der Waals surface area contributed by atoms with E-state index in [-0.39, 0.29) is 17.3 Å². The summed E-state index contributed by atoms with van der Waals surface area (Å²) in [6, 6.07) is 13.3. The number of nitrogens with zero attached hydrogens (tertiary/aromatic N) is 3. The minimum atomic E-state index is -3.62. The summed E-state index contributed by atoms with van der Waals surface area (Å²) in [4.78, 5) is 20.0. The quantitative estimate of drug-likeness (QED) is 0.260. The van der Waals surface area contributed by atoms with Crippen molar-refractivity contribution in [3.63, 3.8) is 0 Å². The molecule has 0 aliphatic rings. The van der Waals surface area contributed by atoms with E-state index in [1.807, 2.05) is 26.0 Å². The van der Waals surface area contributed by atoms with Gasteiger partial charge in [0.2, 0.25) is 10.0 Å². The van der Waals surface area contributed by atoms with E-state index in [0.717, 1.165) is 28.6 Å². The molecule has 4 aromatic rings. The first-order chi connectivity index (χ1) is 16.7. The van der Waals surface area contributed by atoms with Crippen LogP contribution < -0.4 is 4.90 Å². The van der Waals surface area contributed by atoms with Crippen molar-refractivity contribution in [2.24, 2.45) is 0 Å². The molecule has 0 aliphatic carbocycles. The number of amides is 1. The van der Waals surface area contributed by atoms with Crippen LogP contribution >= 0.6 is 22.9 Å². The number of carbonyl (C=O) groups excluding carboxylic acids is 1. The number of unbranched alkanes of at least 4 members (excludes halogenated alkanes) is 1. The van der Waals surface area contributed by atoms with Crippen LogP contribution in [-0.4, -0.2) is 37.2 Å². The molecule has 0 aliphatic heterocycles. The van der Waals surface area contributed by atoms with Gasteiger partial charge in [0.05, 0.1) is 27.9 Å². The van der Waals surface area contributed by atoms with Gasteiger partial charge in [-0.05, 0) is 67.4 Å². The topological polar surface area (TPSA) is 83.7 Å². The van der Waals surface area contributed by atoms with E-state index in [0.29, 0.717) is 28.0 Å². The Bertz CT molecular complexity index is 1430. The highest BCUT2D eigenvalue weighted by atomic mass is 35.5. The molecule has 2 heterocycles. The maximum absolute atomic E-state index is 13.6. The average Bonchev–Trinajstić information content (AvgIpc) is 3.53. The number of benzene rings is 2. The van der Waals surface area contributed by atoms with Crippen LogP contribution in [0.3, 0.4) is 0 Å². The van der Waals surface area contributed by atoms with Crippen molar-refractivity contribution < 1.29 is 17.6 Å². The highest BCUT2D eigenvalue weighted by Gasteiger charge is 2.25. The van der Waals surface area contributed by atoms with Crippen molar-refractivity contribution in [3.8, 4) is 0 Å². The van der Waals surface area contributed by atoms with Gasteiger partial charge in [0, 0.05) is 24.2 Å². The molecule has 2 aromatic heterocycles. The molecule has 0 saturated carbocycles. The van der Waals surface area contributed by atoms with Crippen LogP contribution in [-0.2, 0) is 16.6 Å². The molecule has 0 spiro atoms. The summed E-state index contributed by atoms with van der Waals surface area (Å²) in [7, 11) is -2.06. The summed E-state index contributed by atoms with van der Waals surface area (Å²) in [5.41, 5.74) is 1.94. The molecular formula is C25H26ClN3O4S2. The maximum atomic E-state index is 13.6. The number of hydrogen-bond acceptors (Lipinski definition) is 6. The number of rotatable bonds is 9. The highest BCUT2D eigenvalue weighted by Crippen LogP contribution is 2.35. The predicted octanol–water partition coefficient (Wildman–Crippen LogP) is 6.12. The lowest BCUT2D eigenvalue weighted by molar-refractivity contribution is 0.0983. The van der Waals surface area contributed by atoms with Crippen LogP contribution in [0.4, 0.5) is 5.13 Å². The fourth-order valence-electron chi connectivity index (χ4n) is 3.60. The second kappa shape index (κ2) is 10.5. The van der Waals surface area contributed by atoms with E-state index >= 15 is 0 Å². The van der Waals surface area contributed by atoms with Gasteiger partial charge in [0.1, 0.15) is 5.76 Å². The SMILES string of the molecule is CCCCN(C)S(=O)(=O)c1ccc(C(=O)N(Cc2ccco2)c2nc3c(C)c(Cl)ccc3s2)cc1. The standard InChI is InChI=1S/C25H26ClN3O4S2/c1-4-5-14-28(3)35(31,32)20-10-8-18(9-11-20)24(30)29(16-19-7-6-15-33-19)25-27-23-17(2)21(26)12-13-22(23)34-25/h6-13,15H,4-5,14,16H2,1-3H3. The Morgan fingerprint density at radius 1 is 1.14 bits per heavy atom. The Kier molecular flexibility index (Phi) is 7.61. The van der Waals surface area contributed by atoms with E-state index in [1.165, 1.54) is 44.8 Å². The van der Waals surface area contributed by atoms with Crippen molar-refractivity contribution >= 4 is 54.2 Å². The van der Waals surface area contributed by atoms with Gasteiger partial charge in [-0.2, -0.15) is 0 Å². The number of furan rings is 1. The van der Waals surface area contributed by atoms with Crippen LogP contribution in [0.5, 0.6) is 0 Å². The minimum absolute atomic E-state index is 0.149. The predicted molar refractivity (Wildman–Crippen MR) is 140 cm³/mol. The van der Waals surface area contributed by atoms with Crippen LogP contribution in [0.1, 0.15) is 41.4 Å². The van der Waals surface area contributed by atoms with Gasteiger partial charge in [-0.1, -0.05) is 36.3 Å². The summed E-state index contributed by atoms with van der Waals surface area (Å²) in [5, 5.41) is 1.11. The Morgan fingerprint density at radius 2 is 1.89 bits per heavy atom. The molecule has 0 fully saturated rings. The minimum Gasteiger partial charge on any atom is -0.467 e. The molecule has 4 rings (SSSR count). The normalized spacial score (nSPS) is 11.9. The molecule has 7 nitrogen and oxygen atoms in total. The van der Waals surface area contributed by atoms with Crippen molar-refractivity contribution in [2.75, 3.05) is 18.5 Å². The fourth-order valence-corrected chi connectivity index (χ4v) is 5.98. The van der Waals surface area contributed by atoms with Gasteiger partial charge in [0.15, 0.2) is 5.13 Å². The van der Waals surface area contributed by atoms with Gasteiger partial charge in [-0.25, -0.2) is 17.7 Å². The second-order valence-electron chi connectivity index (χ2n) is 8.19. The summed E-state index contributed by atoms with van der Waals surface area (Å²) < 4.78 is 33.4. The van der Waals surface area contributed by atoms with Crippen molar-refractivity contribution in [2.45, 2.75) is 38.1 Å². The Morgan fingerprint density at radius 3 is 2.54 bits per heavy atom. The molecular weight excluding hydrogens is 506 g/mol. The third kappa shape index (κ3) is 5.28. The number of hydrogen-bond donors (Lipinski definition) is 0. The van der Waals surface area contributed by atoms with E-state index in [9.17, 15) is 13.2 Å². The van der Waals surface area contributed by atoms with Gasteiger partial charge < -0.3 is 4.42 Å². The number of carbonyl (C=O) groups is 1. The van der Waals surface area contributed by atoms with Gasteiger partial charge in [-0.15, -0.1) is 0 Å². The highest BCUT2D eigenvalue weighted by molar-refractivity contribution is 7.89. The lowest BCUT2D eigenvalue weighted by atomic mass is 10.2. The number of halogens is 1. The lowest BCUT2D eigenvalue weighted by Gasteiger charge is -2.20. The molecule has 184 valence electrons. The lowest BCUT2D eigenvalue weighted by Crippen LogP contribution is -2.30. The Balaban J connectivity index is 1.67. The van der Waals surface area contributed by atoms with Gasteiger partial charge in [0.25, 0.3) is 5.91 Å². The smallest absolute Gasteiger partial charge is 0.260 e. The zero-order valence-electron chi connectivity index (χ0n) is 19.7. The van der Waals surface area contributed by atoms with Gasteiger partial charge in [-0.3, -0.25) is 9.69 Å². The van der Waals surface area contributed by atoms with E-state index in [4.69, 9.17) is 21.0 Å². The molecule has 0 saturated heterocycles. The summed E-state index contributed by atoms with van der Waals surface area (Å²) >= 11 is 7.65. The molecule has 0 bridgehead atoms. The Hall–Kier alpha value is -2.72. The molecule has 35 heavy (non-hydrogen) atoms. The Labute approximate surface area is 214 Å². The zero-order chi connectivity index (χ0) is 25.2. The number of anilines is 1. The monoisotopic (exact) mass is 531 g/mol. The van der Waals surface area contributed by atoms with Crippen molar-refractivity contribution in [3.05, 3.63) is 76.7 Å². The number of thiazole rings is 1. The fraction of sp³-hybridized carbons (Fsp3) is 0.280. The third-order valence-corrected chi connectivity index (χ3v) is 9.07. The number of aromatic nitrogens is 1. The van der Waals surface area contributed by atoms with Crippen LogP contribution in [0, 0.1) is 6.92 Å². The van der Waals surface area contributed by atoms with E-state index in [1.54, 1.807) is 25.4 Å². The van der Waals surface area contributed by atoms with E-state index < -0.39 is 10.0 Å². The largest absolute Gasteiger partial charge is 0.467 e. The number of aryl methyl sites for hydroxylation is 1. The first-order valence-electron chi connectivity index (χ1n) is 11.2. The first kappa shape index (κ1) is 25.4. The molecule has 0 N–H and O–H groups in total. The number of sulfonamides is 1. The summed E-state index contributed by atoms with van der Waals surface area (Å²) in [6.45, 7) is 4.52. The van der Waals surface area contributed by atoms with Gasteiger partial charge >= 0.3 is 0 Å². The first-order valence-corrected chi connectivity index (χ1v) is 13.8. The number of fused-ring (bicyclic) bond motifs is 1. The molecule has 0 radical (unpaired) electrons. The maximum Gasteiger partial charge on any atom is 0.260 e. The summed E-state index contributed by atoms with van der Waals surface area (Å²) in [5.74, 6) is 0.289. The molecule has 0 unspecified atom stereocenters. The van der Waals surface area contributed by atoms with Crippen LogP contribution in [0.25, 0.3) is 10.2 Å². The molecule has 2 aromatic carbocycles.